The molecule has 1 rings (SSSR count). The van der Waals surface area contributed by atoms with Crippen molar-refractivity contribution in [2.75, 3.05) is 5.32 Å². The van der Waals surface area contributed by atoms with Gasteiger partial charge in [0.15, 0.2) is 17.3 Å². The van der Waals surface area contributed by atoms with E-state index in [0.717, 1.165) is 0 Å². The largest absolute Gasteiger partial charge is 0.476 e. The molecule has 0 spiro atoms. The van der Waals surface area contributed by atoms with Gasteiger partial charge in [0.05, 0.1) is 0 Å². The van der Waals surface area contributed by atoms with Gasteiger partial charge in [-0.2, -0.15) is 0 Å². The minimum absolute atomic E-state index is 0.358. The predicted octanol–water partition coefficient (Wildman–Crippen LogP) is -1.30. The number of amides is 3. The Morgan fingerprint density at radius 1 is 1.33 bits per heavy atom. The molecule has 0 unspecified atom stereocenters. The van der Waals surface area contributed by atoms with Crippen LogP contribution < -0.4 is 16.8 Å². The third-order valence-electron chi connectivity index (χ3n) is 1.39. The average Bonchev–Trinajstić information content (AvgIpc) is 2.46. The Morgan fingerprint density at radius 2 is 1.93 bits per heavy atom. The lowest BCUT2D eigenvalue weighted by Gasteiger charge is -1.96. The van der Waals surface area contributed by atoms with Crippen molar-refractivity contribution in [2.45, 2.75) is 0 Å². The maximum absolute atomic E-state index is 10.7. The van der Waals surface area contributed by atoms with E-state index in [4.69, 9.17) is 16.6 Å². The lowest BCUT2D eigenvalue weighted by atomic mass is 10.4. The zero-order valence-corrected chi connectivity index (χ0v) is 7.27. The number of carboxylic acids is 1. The van der Waals surface area contributed by atoms with Crippen LogP contribution in [0, 0.1) is 0 Å². The van der Waals surface area contributed by atoms with E-state index in [-0.39, 0.29) is 11.6 Å². The third kappa shape index (κ3) is 2.21. The normalized spacial score (nSPS) is 9.60. The molecular formula is C6H7N5O4. The van der Waals surface area contributed by atoms with Crippen molar-refractivity contribution in [2.24, 2.45) is 11.5 Å². The van der Waals surface area contributed by atoms with Gasteiger partial charge in [0.1, 0.15) is 0 Å². The van der Waals surface area contributed by atoms with Crippen molar-refractivity contribution in [3.63, 3.8) is 0 Å². The van der Waals surface area contributed by atoms with E-state index in [2.05, 4.69) is 9.97 Å². The van der Waals surface area contributed by atoms with Gasteiger partial charge >= 0.3 is 12.0 Å². The summed E-state index contributed by atoms with van der Waals surface area (Å²) in [5.74, 6) is -3.09. The quantitative estimate of drug-likeness (QED) is 0.420. The number of anilines is 1. The van der Waals surface area contributed by atoms with Crippen molar-refractivity contribution in [3.8, 4) is 0 Å². The van der Waals surface area contributed by atoms with E-state index in [1.165, 1.54) is 0 Å². The van der Waals surface area contributed by atoms with Gasteiger partial charge in [-0.1, -0.05) is 0 Å². The van der Waals surface area contributed by atoms with E-state index in [9.17, 15) is 14.4 Å². The van der Waals surface area contributed by atoms with Crippen LogP contribution in [-0.2, 0) is 0 Å². The molecule has 0 atom stereocenters. The molecule has 7 N–H and O–H groups in total. The number of nitrogens with two attached hydrogens (primary N) is 2. The molecule has 0 bridgehead atoms. The van der Waals surface area contributed by atoms with Gasteiger partial charge in [-0.05, 0) is 0 Å². The molecule has 1 aromatic rings. The molecule has 0 aromatic carbocycles. The van der Waals surface area contributed by atoms with Gasteiger partial charge in [-0.3, -0.25) is 10.1 Å². The van der Waals surface area contributed by atoms with Crippen LogP contribution in [0.15, 0.2) is 0 Å². The van der Waals surface area contributed by atoms with Crippen LogP contribution in [0.4, 0.5) is 10.6 Å². The second-order valence-corrected chi connectivity index (χ2v) is 2.47. The number of primary amides is 2. The number of aromatic amines is 1. The first-order valence-electron chi connectivity index (χ1n) is 3.61. The second-order valence-electron chi connectivity index (χ2n) is 2.47. The molecule has 0 saturated carbocycles. The smallest absolute Gasteiger partial charge is 0.356 e. The molecule has 0 fully saturated rings. The minimum Gasteiger partial charge on any atom is -0.476 e. The molecule has 80 valence electrons. The summed E-state index contributed by atoms with van der Waals surface area (Å²) in [7, 11) is 0. The van der Waals surface area contributed by atoms with Crippen LogP contribution in [0.1, 0.15) is 21.1 Å². The molecule has 0 aliphatic carbocycles. The Morgan fingerprint density at radius 3 is 2.33 bits per heavy atom. The van der Waals surface area contributed by atoms with Crippen molar-refractivity contribution in [3.05, 3.63) is 11.5 Å². The third-order valence-corrected chi connectivity index (χ3v) is 1.39. The van der Waals surface area contributed by atoms with Crippen LogP contribution in [0.2, 0.25) is 0 Å². The number of nitrogens with one attached hydrogen (secondary N) is 2. The topological polar surface area (TPSA) is 164 Å². The fourth-order valence-electron chi connectivity index (χ4n) is 0.852. The van der Waals surface area contributed by atoms with Crippen LogP contribution in [0.3, 0.4) is 0 Å². The number of rotatable bonds is 3. The number of aromatic carboxylic acids is 1. The predicted molar refractivity (Wildman–Crippen MR) is 47.3 cm³/mol. The van der Waals surface area contributed by atoms with E-state index in [1.807, 2.05) is 5.32 Å². The number of hydrogen-bond donors (Lipinski definition) is 5. The molecule has 0 radical (unpaired) electrons. The van der Waals surface area contributed by atoms with Gasteiger partial charge in [-0.15, -0.1) is 0 Å². The highest BCUT2D eigenvalue weighted by Gasteiger charge is 2.19. The van der Waals surface area contributed by atoms with Crippen LogP contribution in [0.5, 0.6) is 0 Å². The average molecular weight is 213 g/mol. The van der Waals surface area contributed by atoms with E-state index >= 15 is 0 Å². The summed E-state index contributed by atoms with van der Waals surface area (Å²) in [5, 5.41) is 10.6. The summed E-state index contributed by atoms with van der Waals surface area (Å²) in [4.78, 5) is 37.3. The van der Waals surface area contributed by atoms with Gasteiger partial charge in [0, 0.05) is 0 Å². The Bertz CT molecular complexity index is 437. The molecule has 0 saturated heterocycles. The summed E-state index contributed by atoms with van der Waals surface area (Å²) in [6.45, 7) is 0. The number of nitrogens with zero attached hydrogens (tertiary/aromatic N) is 1. The number of aromatic nitrogens is 2. The highest BCUT2D eigenvalue weighted by Crippen LogP contribution is 2.11. The maximum Gasteiger partial charge on any atom is 0.356 e. The van der Waals surface area contributed by atoms with E-state index in [0.29, 0.717) is 0 Å². The molecule has 9 nitrogen and oxygen atoms in total. The molecule has 15 heavy (non-hydrogen) atoms. The number of urea groups is 1. The van der Waals surface area contributed by atoms with Gasteiger partial charge in [0.25, 0.3) is 5.91 Å². The van der Waals surface area contributed by atoms with Crippen LogP contribution in [0.25, 0.3) is 0 Å². The Labute approximate surface area is 82.5 Å². The van der Waals surface area contributed by atoms with Crippen molar-refractivity contribution < 1.29 is 19.5 Å². The summed E-state index contributed by atoms with van der Waals surface area (Å²) in [6.07, 6.45) is 0. The van der Waals surface area contributed by atoms with Gasteiger partial charge < -0.3 is 21.6 Å². The molecule has 1 aromatic heterocycles. The molecule has 0 aliphatic heterocycles. The number of carbonyl (C=O) groups is 3. The Kier molecular flexibility index (Phi) is 2.56. The van der Waals surface area contributed by atoms with Crippen LogP contribution >= 0.6 is 0 Å². The number of carboxylic acid groups (broad SMARTS) is 1. The first kappa shape index (κ1) is 10.5. The second kappa shape index (κ2) is 3.65. The fourth-order valence-corrected chi connectivity index (χ4v) is 0.852. The van der Waals surface area contributed by atoms with Gasteiger partial charge in [-0.25, -0.2) is 14.6 Å². The number of hydrogen-bond acceptors (Lipinski definition) is 4. The van der Waals surface area contributed by atoms with Crippen molar-refractivity contribution >= 4 is 23.7 Å². The number of imidazole rings is 1. The zero-order chi connectivity index (χ0) is 11.6. The lowest BCUT2D eigenvalue weighted by molar-refractivity contribution is 0.0692. The molecule has 3 amide bonds. The standard InChI is InChI=1S/C6H7N5O4/c7-2(12)4-9-1(5(13)14)3(10-4)11-6(8)15/h(H2,7,12)(H,9,10)(H,13,14)(H3,8,11,15). The highest BCUT2D eigenvalue weighted by molar-refractivity contribution is 5.99. The molecule has 0 aliphatic rings. The number of carbonyl (C=O) groups excluding carboxylic acids is 2. The fraction of sp³-hybridized carbons (Fsp3) is 0. The van der Waals surface area contributed by atoms with Crippen molar-refractivity contribution in [1.82, 2.24) is 9.97 Å². The summed E-state index contributed by atoms with van der Waals surface area (Å²) in [5.41, 5.74) is 9.15. The first-order chi connectivity index (χ1) is 6.91. The summed E-state index contributed by atoms with van der Waals surface area (Å²) < 4.78 is 0. The Balaban J connectivity index is 3.17. The van der Waals surface area contributed by atoms with Crippen molar-refractivity contribution in [1.29, 1.82) is 0 Å². The monoisotopic (exact) mass is 213 g/mol. The van der Waals surface area contributed by atoms with Gasteiger partial charge in [0.2, 0.25) is 0 Å². The molecule has 9 heteroatoms. The minimum atomic E-state index is -1.40. The zero-order valence-electron chi connectivity index (χ0n) is 7.27. The summed E-state index contributed by atoms with van der Waals surface area (Å²) in [6, 6.07) is -1.000. The Hall–Kier alpha value is -2.58. The maximum atomic E-state index is 10.7. The first-order valence-corrected chi connectivity index (χ1v) is 3.61. The van der Waals surface area contributed by atoms with Crippen LogP contribution in [-0.4, -0.2) is 33.0 Å². The summed E-state index contributed by atoms with van der Waals surface area (Å²) >= 11 is 0. The molecule has 1 heterocycles. The van der Waals surface area contributed by atoms with E-state index in [1.54, 1.807) is 0 Å². The van der Waals surface area contributed by atoms with E-state index < -0.39 is 23.6 Å². The molecular weight excluding hydrogens is 206 g/mol. The highest BCUT2D eigenvalue weighted by atomic mass is 16.4. The SMILES string of the molecule is NC(=O)Nc1nc(C(N)=O)[nH]c1C(=O)O. The number of H-pyrrole nitrogens is 1. The lowest BCUT2D eigenvalue weighted by Crippen LogP contribution is -2.21.